The number of halogens is 3. The SMILES string of the molecule is CC1(NCCCOCC(F)(F)F)CCCOC1. The van der Waals surface area contributed by atoms with E-state index in [0.717, 1.165) is 19.4 Å². The molecule has 1 fully saturated rings. The smallest absolute Gasteiger partial charge is 0.380 e. The zero-order chi connectivity index (χ0) is 12.8. The lowest BCUT2D eigenvalue weighted by Gasteiger charge is -2.34. The average molecular weight is 255 g/mol. The predicted molar refractivity (Wildman–Crippen MR) is 58.0 cm³/mol. The monoisotopic (exact) mass is 255 g/mol. The van der Waals surface area contributed by atoms with E-state index < -0.39 is 12.8 Å². The molecule has 0 amide bonds. The zero-order valence-electron chi connectivity index (χ0n) is 10.1. The average Bonchev–Trinajstić information content (AvgIpc) is 2.23. The fourth-order valence-corrected chi connectivity index (χ4v) is 1.83. The van der Waals surface area contributed by atoms with E-state index in [2.05, 4.69) is 17.0 Å². The summed E-state index contributed by atoms with van der Waals surface area (Å²) >= 11 is 0. The third-order valence-corrected chi connectivity index (χ3v) is 2.72. The summed E-state index contributed by atoms with van der Waals surface area (Å²) < 4.78 is 45.2. The van der Waals surface area contributed by atoms with Crippen LogP contribution in [0.3, 0.4) is 0 Å². The Balaban J connectivity index is 2.00. The Morgan fingerprint density at radius 1 is 1.41 bits per heavy atom. The van der Waals surface area contributed by atoms with Crippen LogP contribution in [-0.2, 0) is 9.47 Å². The van der Waals surface area contributed by atoms with E-state index in [0.29, 0.717) is 19.6 Å². The van der Waals surface area contributed by atoms with Crippen molar-refractivity contribution in [3.05, 3.63) is 0 Å². The fourth-order valence-electron chi connectivity index (χ4n) is 1.83. The summed E-state index contributed by atoms with van der Waals surface area (Å²) in [5.74, 6) is 0. The summed E-state index contributed by atoms with van der Waals surface area (Å²) in [6, 6.07) is 0. The summed E-state index contributed by atoms with van der Waals surface area (Å²) in [5.41, 5.74) is -0.0394. The topological polar surface area (TPSA) is 30.5 Å². The van der Waals surface area contributed by atoms with E-state index in [1.807, 2.05) is 0 Å². The lowest BCUT2D eigenvalue weighted by molar-refractivity contribution is -0.174. The van der Waals surface area contributed by atoms with Crippen molar-refractivity contribution in [1.82, 2.24) is 5.32 Å². The Morgan fingerprint density at radius 3 is 2.76 bits per heavy atom. The van der Waals surface area contributed by atoms with Gasteiger partial charge in [-0.05, 0) is 32.7 Å². The first-order chi connectivity index (χ1) is 7.91. The number of alkyl halides is 3. The second-order valence-electron chi connectivity index (χ2n) is 4.66. The maximum absolute atomic E-state index is 11.8. The molecule has 1 atom stereocenters. The van der Waals surface area contributed by atoms with Crippen LogP contribution in [0.4, 0.5) is 13.2 Å². The van der Waals surface area contributed by atoms with Gasteiger partial charge in [0, 0.05) is 18.8 Å². The maximum atomic E-state index is 11.8. The van der Waals surface area contributed by atoms with Crippen molar-refractivity contribution in [2.75, 3.05) is 33.0 Å². The van der Waals surface area contributed by atoms with Gasteiger partial charge in [0.25, 0.3) is 0 Å². The lowest BCUT2D eigenvalue weighted by atomic mass is 9.95. The van der Waals surface area contributed by atoms with Crippen LogP contribution in [0.15, 0.2) is 0 Å². The molecule has 0 radical (unpaired) electrons. The quantitative estimate of drug-likeness (QED) is 0.737. The van der Waals surface area contributed by atoms with Crippen molar-refractivity contribution < 1.29 is 22.6 Å². The van der Waals surface area contributed by atoms with Gasteiger partial charge in [-0.1, -0.05) is 0 Å². The molecule has 0 aliphatic carbocycles. The molecule has 0 bridgehead atoms. The molecule has 0 spiro atoms. The first-order valence-electron chi connectivity index (χ1n) is 5.89. The summed E-state index contributed by atoms with van der Waals surface area (Å²) in [4.78, 5) is 0. The minimum Gasteiger partial charge on any atom is -0.380 e. The molecule has 0 aromatic carbocycles. The van der Waals surface area contributed by atoms with Crippen molar-refractivity contribution in [2.24, 2.45) is 0 Å². The van der Waals surface area contributed by atoms with E-state index in [4.69, 9.17) is 4.74 Å². The molecule has 1 aliphatic rings. The molecule has 3 nitrogen and oxygen atoms in total. The van der Waals surface area contributed by atoms with Crippen LogP contribution in [0.25, 0.3) is 0 Å². The Bertz CT molecular complexity index is 215. The largest absolute Gasteiger partial charge is 0.411 e. The van der Waals surface area contributed by atoms with Gasteiger partial charge in [-0.2, -0.15) is 13.2 Å². The van der Waals surface area contributed by atoms with Crippen LogP contribution >= 0.6 is 0 Å². The van der Waals surface area contributed by atoms with Crippen LogP contribution in [0.2, 0.25) is 0 Å². The molecule has 0 aromatic heterocycles. The second kappa shape index (κ2) is 6.56. The summed E-state index contributed by atoms with van der Waals surface area (Å²) in [6.45, 7) is 3.15. The molecular weight excluding hydrogens is 235 g/mol. The molecule has 1 rings (SSSR count). The number of rotatable bonds is 6. The highest BCUT2D eigenvalue weighted by atomic mass is 19.4. The Morgan fingerprint density at radius 2 is 2.18 bits per heavy atom. The van der Waals surface area contributed by atoms with Crippen molar-refractivity contribution in [3.63, 3.8) is 0 Å². The van der Waals surface area contributed by atoms with Crippen molar-refractivity contribution >= 4 is 0 Å². The minimum absolute atomic E-state index is 0.0394. The highest BCUT2D eigenvalue weighted by molar-refractivity contribution is 4.85. The van der Waals surface area contributed by atoms with Gasteiger partial charge in [0.15, 0.2) is 0 Å². The highest BCUT2D eigenvalue weighted by Gasteiger charge is 2.28. The molecule has 0 saturated carbocycles. The van der Waals surface area contributed by atoms with Crippen molar-refractivity contribution in [2.45, 2.75) is 37.9 Å². The normalized spacial score (nSPS) is 26.1. The third kappa shape index (κ3) is 6.85. The second-order valence-corrected chi connectivity index (χ2v) is 4.66. The Hall–Kier alpha value is -0.330. The van der Waals surface area contributed by atoms with Gasteiger partial charge < -0.3 is 14.8 Å². The van der Waals surface area contributed by atoms with Gasteiger partial charge in [-0.15, -0.1) is 0 Å². The van der Waals surface area contributed by atoms with Gasteiger partial charge in [0.1, 0.15) is 6.61 Å². The molecule has 1 aliphatic heterocycles. The highest BCUT2D eigenvalue weighted by Crippen LogP contribution is 2.18. The molecule has 1 N–H and O–H groups in total. The number of hydrogen-bond donors (Lipinski definition) is 1. The molecule has 0 aromatic rings. The summed E-state index contributed by atoms with van der Waals surface area (Å²) in [6.07, 6.45) is -1.59. The molecule has 1 unspecified atom stereocenters. The van der Waals surface area contributed by atoms with Gasteiger partial charge in [-0.3, -0.25) is 0 Å². The van der Waals surface area contributed by atoms with E-state index in [-0.39, 0.29) is 12.1 Å². The van der Waals surface area contributed by atoms with Crippen LogP contribution in [0, 0.1) is 0 Å². The standard InChI is InChI=1S/C11H20F3NO2/c1-10(4-2-6-16-8-10)15-5-3-7-17-9-11(12,13)14/h15H,2-9H2,1H3. The Kier molecular flexibility index (Phi) is 5.69. The first-order valence-corrected chi connectivity index (χ1v) is 5.89. The molecule has 102 valence electrons. The van der Waals surface area contributed by atoms with Gasteiger partial charge >= 0.3 is 6.18 Å². The molecular formula is C11H20F3NO2. The van der Waals surface area contributed by atoms with Crippen molar-refractivity contribution in [1.29, 1.82) is 0 Å². The zero-order valence-corrected chi connectivity index (χ0v) is 10.1. The van der Waals surface area contributed by atoms with E-state index in [1.54, 1.807) is 0 Å². The van der Waals surface area contributed by atoms with E-state index in [1.165, 1.54) is 0 Å². The van der Waals surface area contributed by atoms with Crippen LogP contribution in [0.5, 0.6) is 0 Å². The predicted octanol–water partition coefficient (Wildman–Crippen LogP) is 2.11. The number of ether oxygens (including phenoxy) is 2. The van der Waals surface area contributed by atoms with Gasteiger partial charge in [0.2, 0.25) is 0 Å². The van der Waals surface area contributed by atoms with Crippen LogP contribution in [0.1, 0.15) is 26.2 Å². The van der Waals surface area contributed by atoms with Crippen LogP contribution in [-0.4, -0.2) is 44.7 Å². The fraction of sp³-hybridized carbons (Fsp3) is 1.00. The molecule has 1 saturated heterocycles. The molecule has 6 heteroatoms. The maximum Gasteiger partial charge on any atom is 0.411 e. The number of hydrogen-bond acceptors (Lipinski definition) is 3. The van der Waals surface area contributed by atoms with E-state index in [9.17, 15) is 13.2 Å². The Labute approximate surface area is 99.7 Å². The lowest BCUT2D eigenvalue weighted by Crippen LogP contribution is -2.49. The molecule has 1 heterocycles. The van der Waals surface area contributed by atoms with E-state index >= 15 is 0 Å². The number of nitrogens with one attached hydrogen (secondary N) is 1. The van der Waals surface area contributed by atoms with Crippen LogP contribution < -0.4 is 5.32 Å². The molecule has 17 heavy (non-hydrogen) atoms. The summed E-state index contributed by atoms with van der Waals surface area (Å²) in [7, 11) is 0. The first kappa shape index (κ1) is 14.7. The van der Waals surface area contributed by atoms with Gasteiger partial charge in [-0.25, -0.2) is 0 Å². The summed E-state index contributed by atoms with van der Waals surface area (Å²) in [5, 5.41) is 3.31. The van der Waals surface area contributed by atoms with Crippen molar-refractivity contribution in [3.8, 4) is 0 Å². The third-order valence-electron chi connectivity index (χ3n) is 2.72. The van der Waals surface area contributed by atoms with Gasteiger partial charge in [0.05, 0.1) is 6.61 Å². The minimum atomic E-state index is -4.23.